The molecule has 3 atom stereocenters. The molecule has 0 radical (unpaired) electrons. The summed E-state index contributed by atoms with van der Waals surface area (Å²) >= 11 is 12.4. The van der Waals surface area contributed by atoms with Crippen LogP contribution in [0.1, 0.15) is 39.5 Å². The zero-order valence-electron chi connectivity index (χ0n) is 18.8. The molecule has 0 bridgehead atoms. The fourth-order valence-corrected chi connectivity index (χ4v) is 4.37. The van der Waals surface area contributed by atoms with Gasteiger partial charge < -0.3 is 20.4 Å². The van der Waals surface area contributed by atoms with E-state index in [2.05, 4.69) is 0 Å². The minimum absolute atomic E-state index is 0. The fraction of sp³-hybridized carbons (Fsp3) is 0.381. The number of ether oxygens (including phenoxy) is 4. The summed E-state index contributed by atoms with van der Waals surface area (Å²) < 4.78 is 22.6. The van der Waals surface area contributed by atoms with Gasteiger partial charge in [-0.15, -0.1) is 0 Å². The Bertz CT molecular complexity index is 823. The molecule has 0 amide bonds. The normalized spacial score (nSPS) is 13.0. The molecule has 0 saturated heterocycles. The van der Waals surface area contributed by atoms with Crippen molar-refractivity contribution < 1.29 is 44.0 Å². The molecule has 160 valence electrons. The summed E-state index contributed by atoms with van der Waals surface area (Å²) in [5.41, 5.74) is 0.133. The summed E-state index contributed by atoms with van der Waals surface area (Å²) in [6.45, 7) is 8.43. The first-order chi connectivity index (χ1) is 13.8. The van der Waals surface area contributed by atoms with Gasteiger partial charge in [0.15, 0.2) is 18.1 Å². The van der Waals surface area contributed by atoms with Gasteiger partial charge in [-0.3, -0.25) is 4.79 Å². The Morgan fingerprint density at radius 3 is 2.13 bits per heavy atom. The summed E-state index contributed by atoms with van der Waals surface area (Å²) in [5, 5.41) is 1.35. The van der Waals surface area contributed by atoms with E-state index < -0.39 is 12.6 Å². The van der Waals surface area contributed by atoms with Crippen LogP contribution in [-0.4, -0.2) is 31.3 Å². The van der Waals surface area contributed by atoms with E-state index in [1.807, 2.05) is 20.8 Å². The van der Waals surface area contributed by atoms with E-state index in [9.17, 15) is 4.79 Å². The number of hydrogen-bond donors (Lipinski definition) is 0. The molecule has 9 heteroatoms. The van der Waals surface area contributed by atoms with Crippen LogP contribution in [0.15, 0.2) is 36.4 Å². The molecule has 0 aliphatic heterocycles. The second-order valence-corrected chi connectivity index (χ2v) is 8.05. The van der Waals surface area contributed by atoms with Crippen molar-refractivity contribution in [2.75, 3.05) is 13.2 Å². The monoisotopic (exact) mass is 466 g/mol. The predicted octanol–water partition coefficient (Wildman–Crippen LogP) is 2.78. The van der Waals surface area contributed by atoms with Gasteiger partial charge in [0.2, 0.25) is 0 Å². The molecule has 0 aliphatic rings. The maximum Gasteiger partial charge on any atom is 1.00 e. The molecule has 0 fully saturated rings. The van der Waals surface area contributed by atoms with Gasteiger partial charge in [0.25, 0.3) is 0 Å². The molecule has 0 spiro atoms. The van der Waals surface area contributed by atoms with Crippen molar-refractivity contribution in [3.63, 3.8) is 0 Å². The standard InChI is InChI=1S/C21H25Cl2O5P.Li.H/c1-5-25-13(3)27-15-10-11-19(18(12-15)28-14(4)26-6-2)29-21(24)20-16(22)8-7-9-17(20)23;;/h7-14,29H,5-6H2,1-4H3;;/q;+1;-1. The minimum atomic E-state index is -0.484. The fourth-order valence-electron chi connectivity index (χ4n) is 2.58. The molecule has 0 heterocycles. The van der Waals surface area contributed by atoms with E-state index in [1.54, 1.807) is 43.3 Å². The van der Waals surface area contributed by atoms with Gasteiger partial charge in [-0.25, -0.2) is 0 Å². The second kappa shape index (κ2) is 13.6. The number of carbonyl (C=O) groups excluding carboxylic acids is 1. The molecule has 3 unspecified atom stereocenters. The van der Waals surface area contributed by atoms with Gasteiger partial charge in [0.05, 0.1) is 15.6 Å². The van der Waals surface area contributed by atoms with Gasteiger partial charge in [-0.1, -0.05) is 29.3 Å². The van der Waals surface area contributed by atoms with Crippen LogP contribution in [-0.2, 0) is 9.47 Å². The van der Waals surface area contributed by atoms with E-state index in [0.29, 0.717) is 45.6 Å². The van der Waals surface area contributed by atoms with Crippen LogP contribution in [0, 0.1) is 0 Å². The van der Waals surface area contributed by atoms with Gasteiger partial charge in [-0.2, -0.15) is 0 Å². The molecule has 2 aromatic rings. The van der Waals surface area contributed by atoms with Crippen LogP contribution in [0.3, 0.4) is 0 Å². The molecule has 0 aromatic heterocycles. The van der Waals surface area contributed by atoms with Crippen LogP contribution in [0.4, 0.5) is 0 Å². The Balaban J connectivity index is 0.00000450. The topological polar surface area (TPSA) is 54.0 Å². The van der Waals surface area contributed by atoms with Crippen LogP contribution < -0.4 is 33.6 Å². The zero-order valence-corrected chi connectivity index (χ0v) is 20.3. The molecular weight excluding hydrogens is 441 g/mol. The van der Waals surface area contributed by atoms with Crippen molar-refractivity contribution in [2.24, 2.45) is 0 Å². The van der Waals surface area contributed by atoms with Crippen molar-refractivity contribution in [3.05, 3.63) is 52.0 Å². The van der Waals surface area contributed by atoms with Crippen LogP contribution in [0.25, 0.3) is 0 Å². The number of carbonyl (C=O) groups is 1. The molecule has 0 saturated carbocycles. The van der Waals surface area contributed by atoms with Crippen LogP contribution >= 0.6 is 31.8 Å². The largest absolute Gasteiger partial charge is 1.00 e. The quantitative estimate of drug-likeness (QED) is 0.289. The first kappa shape index (κ1) is 27.3. The number of halogens is 2. The summed E-state index contributed by atoms with van der Waals surface area (Å²) in [5.74, 6) is 1.07. The van der Waals surface area contributed by atoms with E-state index in [-0.39, 0.29) is 34.4 Å². The Kier molecular flexibility index (Phi) is 12.4. The maximum atomic E-state index is 12.9. The average Bonchev–Trinajstić information content (AvgIpc) is 2.64. The number of hydrogen-bond acceptors (Lipinski definition) is 5. The van der Waals surface area contributed by atoms with Gasteiger partial charge in [0, 0.05) is 24.6 Å². The van der Waals surface area contributed by atoms with E-state index in [1.165, 1.54) is 0 Å². The molecule has 2 aromatic carbocycles. The van der Waals surface area contributed by atoms with E-state index in [0.717, 1.165) is 0 Å². The molecule has 2 rings (SSSR count). The molecule has 30 heavy (non-hydrogen) atoms. The van der Waals surface area contributed by atoms with Crippen molar-refractivity contribution in [2.45, 2.75) is 40.3 Å². The van der Waals surface area contributed by atoms with E-state index >= 15 is 0 Å². The first-order valence-electron chi connectivity index (χ1n) is 9.31. The Labute approximate surface area is 203 Å². The summed E-state index contributed by atoms with van der Waals surface area (Å²) in [4.78, 5) is 12.9. The van der Waals surface area contributed by atoms with Crippen molar-refractivity contribution in [3.8, 4) is 11.5 Å². The van der Waals surface area contributed by atoms with Crippen molar-refractivity contribution in [1.29, 1.82) is 0 Å². The number of rotatable bonds is 11. The Morgan fingerprint density at radius 2 is 1.57 bits per heavy atom. The van der Waals surface area contributed by atoms with Gasteiger partial charge in [-0.05, 0) is 60.5 Å². The summed E-state index contributed by atoms with van der Waals surface area (Å²) in [7, 11) is -0.234. The molecular formula is C21H26Cl2LiO5P. The summed E-state index contributed by atoms with van der Waals surface area (Å²) in [6, 6.07) is 10.3. The first-order valence-corrected chi connectivity index (χ1v) is 11.1. The van der Waals surface area contributed by atoms with Crippen molar-refractivity contribution >= 4 is 42.6 Å². The summed E-state index contributed by atoms with van der Waals surface area (Å²) in [6.07, 6.45) is -0.892. The third-order valence-corrected chi connectivity index (χ3v) is 5.58. The predicted molar refractivity (Wildman–Crippen MR) is 120 cm³/mol. The zero-order chi connectivity index (χ0) is 21.4. The Hall–Kier alpha value is -0.763. The van der Waals surface area contributed by atoms with E-state index in [4.69, 9.17) is 42.1 Å². The molecule has 0 N–H and O–H groups in total. The third kappa shape index (κ3) is 8.06. The van der Waals surface area contributed by atoms with Gasteiger partial charge >= 0.3 is 18.9 Å². The Morgan fingerprint density at radius 1 is 1.00 bits per heavy atom. The second-order valence-electron chi connectivity index (χ2n) is 5.99. The average molecular weight is 467 g/mol. The van der Waals surface area contributed by atoms with Crippen molar-refractivity contribution in [1.82, 2.24) is 0 Å². The number of benzene rings is 2. The smallest absolute Gasteiger partial charge is 1.00 e. The molecule has 0 aliphatic carbocycles. The maximum absolute atomic E-state index is 12.9. The molecule has 5 nitrogen and oxygen atoms in total. The SMILES string of the molecule is CCOC(C)Oc1ccc(PC(=O)c2c(Cl)cccc2Cl)c(OC(C)OCC)c1.[H-].[Li+]. The minimum Gasteiger partial charge on any atom is -1.00 e. The van der Waals surface area contributed by atoms with Crippen LogP contribution in [0.2, 0.25) is 10.0 Å². The third-order valence-electron chi connectivity index (χ3n) is 3.79. The van der Waals surface area contributed by atoms with Gasteiger partial charge in [0.1, 0.15) is 11.5 Å². The van der Waals surface area contributed by atoms with Crippen LogP contribution in [0.5, 0.6) is 11.5 Å².